The third-order valence-electron chi connectivity index (χ3n) is 2.33. The summed E-state index contributed by atoms with van der Waals surface area (Å²) < 4.78 is 0. The van der Waals surface area contributed by atoms with Crippen LogP contribution in [0.3, 0.4) is 0 Å². The van der Waals surface area contributed by atoms with Gasteiger partial charge in [-0.25, -0.2) is 4.98 Å². The maximum absolute atomic E-state index is 10.6. The van der Waals surface area contributed by atoms with Crippen LogP contribution in [0.4, 0.5) is 5.69 Å². The SMILES string of the molecule is CCc1nc2ccc(NCC(N)=O)cc2[nH]1. The van der Waals surface area contributed by atoms with Crippen molar-refractivity contribution >= 4 is 22.6 Å². The largest absolute Gasteiger partial charge is 0.376 e. The molecule has 5 nitrogen and oxygen atoms in total. The van der Waals surface area contributed by atoms with Crippen molar-refractivity contribution in [3.63, 3.8) is 0 Å². The van der Waals surface area contributed by atoms with E-state index in [4.69, 9.17) is 5.73 Å². The van der Waals surface area contributed by atoms with Gasteiger partial charge in [-0.1, -0.05) is 6.92 Å². The number of primary amides is 1. The quantitative estimate of drug-likeness (QED) is 0.716. The summed E-state index contributed by atoms with van der Waals surface area (Å²) >= 11 is 0. The van der Waals surface area contributed by atoms with E-state index in [1.54, 1.807) is 0 Å². The van der Waals surface area contributed by atoms with Crippen molar-refractivity contribution in [1.82, 2.24) is 9.97 Å². The summed E-state index contributed by atoms with van der Waals surface area (Å²) in [6, 6.07) is 5.71. The van der Waals surface area contributed by atoms with Crippen LogP contribution in [0, 0.1) is 0 Å². The predicted molar refractivity (Wildman–Crippen MR) is 63.2 cm³/mol. The molecule has 0 fully saturated rings. The Labute approximate surface area is 93.1 Å². The van der Waals surface area contributed by atoms with Gasteiger partial charge < -0.3 is 16.0 Å². The van der Waals surface area contributed by atoms with Gasteiger partial charge in [-0.3, -0.25) is 4.79 Å². The molecule has 2 rings (SSSR count). The predicted octanol–water partition coefficient (Wildman–Crippen LogP) is 1.02. The number of carbonyl (C=O) groups is 1. The van der Waals surface area contributed by atoms with Gasteiger partial charge in [0.2, 0.25) is 5.91 Å². The molecule has 16 heavy (non-hydrogen) atoms. The Morgan fingerprint density at radius 2 is 2.38 bits per heavy atom. The van der Waals surface area contributed by atoms with Crippen molar-refractivity contribution in [2.45, 2.75) is 13.3 Å². The lowest BCUT2D eigenvalue weighted by Gasteiger charge is -2.02. The normalized spacial score (nSPS) is 10.6. The number of anilines is 1. The highest BCUT2D eigenvalue weighted by atomic mass is 16.1. The number of imidazole rings is 1. The van der Waals surface area contributed by atoms with Crippen LogP contribution in [-0.4, -0.2) is 22.4 Å². The molecule has 0 saturated heterocycles. The number of nitrogens with two attached hydrogens (primary N) is 1. The van der Waals surface area contributed by atoms with Crippen molar-refractivity contribution in [2.75, 3.05) is 11.9 Å². The number of hydrogen-bond acceptors (Lipinski definition) is 3. The van der Waals surface area contributed by atoms with Crippen molar-refractivity contribution in [2.24, 2.45) is 5.73 Å². The van der Waals surface area contributed by atoms with Crippen LogP contribution in [0.5, 0.6) is 0 Å². The first-order valence-corrected chi connectivity index (χ1v) is 5.20. The van der Waals surface area contributed by atoms with Gasteiger partial charge in [0.05, 0.1) is 17.6 Å². The molecule has 5 heteroatoms. The van der Waals surface area contributed by atoms with Gasteiger partial charge in [0.1, 0.15) is 5.82 Å². The van der Waals surface area contributed by atoms with Crippen LogP contribution in [0.25, 0.3) is 11.0 Å². The zero-order valence-electron chi connectivity index (χ0n) is 9.08. The average molecular weight is 218 g/mol. The average Bonchev–Trinajstić information content (AvgIpc) is 2.68. The number of rotatable bonds is 4. The number of nitrogens with one attached hydrogen (secondary N) is 2. The molecule has 0 aliphatic heterocycles. The molecular weight excluding hydrogens is 204 g/mol. The number of benzene rings is 1. The van der Waals surface area contributed by atoms with Crippen molar-refractivity contribution < 1.29 is 4.79 Å². The van der Waals surface area contributed by atoms with Gasteiger partial charge in [-0.05, 0) is 18.2 Å². The molecule has 0 saturated carbocycles. The van der Waals surface area contributed by atoms with Gasteiger partial charge in [0.25, 0.3) is 0 Å². The Bertz CT molecular complexity index is 518. The van der Waals surface area contributed by atoms with Crippen LogP contribution in [-0.2, 0) is 11.2 Å². The van der Waals surface area contributed by atoms with Gasteiger partial charge in [0.15, 0.2) is 0 Å². The number of aryl methyl sites for hydroxylation is 1. The first kappa shape index (κ1) is 10.5. The van der Waals surface area contributed by atoms with Crippen LogP contribution >= 0.6 is 0 Å². The second kappa shape index (κ2) is 4.22. The fraction of sp³-hybridized carbons (Fsp3) is 0.273. The summed E-state index contributed by atoms with van der Waals surface area (Å²) in [6.45, 7) is 2.18. The van der Waals surface area contributed by atoms with Gasteiger partial charge in [-0.2, -0.15) is 0 Å². The zero-order chi connectivity index (χ0) is 11.5. The van der Waals surface area contributed by atoms with E-state index in [1.807, 2.05) is 25.1 Å². The maximum Gasteiger partial charge on any atom is 0.236 e. The zero-order valence-corrected chi connectivity index (χ0v) is 9.08. The van der Waals surface area contributed by atoms with Crippen molar-refractivity contribution in [3.8, 4) is 0 Å². The van der Waals surface area contributed by atoms with Crippen LogP contribution in [0.15, 0.2) is 18.2 Å². The topological polar surface area (TPSA) is 83.8 Å². The number of aromatic amines is 1. The lowest BCUT2D eigenvalue weighted by atomic mass is 10.3. The van der Waals surface area contributed by atoms with E-state index < -0.39 is 0 Å². The Hall–Kier alpha value is -2.04. The molecule has 0 atom stereocenters. The summed E-state index contributed by atoms with van der Waals surface area (Å²) in [5.74, 6) is 0.584. The minimum atomic E-state index is -0.376. The number of hydrogen-bond donors (Lipinski definition) is 3. The summed E-state index contributed by atoms with van der Waals surface area (Å²) in [5.41, 5.74) is 7.81. The molecule has 2 aromatic rings. The minimum Gasteiger partial charge on any atom is -0.376 e. The van der Waals surface area contributed by atoms with E-state index in [0.29, 0.717) is 0 Å². The fourth-order valence-corrected chi connectivity index (χ4v) is 1.53. The van der Waals surface area contributed by atoms with E-state index in [-0.39, 0.29) is 12.5 Å². The lowest BCUT2D eigenvalue weighted by Crippen LogP contribution is -2.21. The summed E-state index contributed by atoms with van der Waals surface area (Å²) in [7, 11) is 0. The first-order chi connectivity index (χ1) is 7.69. The molecule has 0 unspecified atom stereocenters. The van der Waals surface area contributed by atoms with E-state index in [9.17, 15) is 4.79 Å². The Morgan fingerprint density at radius 1 is 1.56 bits per heavy atom. The van der Waals surface area contributed by atoms with Gasteiger partial charge in [-0.15, -0.1) is 0 Å². The standard InChI is InChI=1S/C11H14N4O/c1-2-11-14-8-4-3-7(5-9(8)15-11)13-6-10(12)16/h3-5,13H,2,6H2,1H3,(H2,12,16)(H,14,15). The third kappa shape index (κ3) is 2.13. The molecule has 1 amide bonds. The van der Waals surface area contributed by atoms with E-state index >= 15 is 0 Å². The van der Waals surface area contributed by atoms with Crippen LogP contribution in [0.1, 0.15) is 12.7 Å². The lowest BCUT2D eigenvalue weighted by molar-refractivity contribution is -0.116. The van der Waals surface area contributed by atoms with E-state index in [1.165, 1.54) is 0 Å². The van der Waals surface area contributed by atoms with Crippen molar-refractivity contribution in [3.05, 3.63) is 24.0 Å². The monoisotopic (exact) mass is 218 g/mol. The number of H-pyrrole nitrogens is 1. The van der Waals surface area contributed by atoms with E-state index in [0.717, 1.165) is 29.0 Å². The highest BCUT2D eigenvalue weighted by Gasteiger charge is 2.02. The summed E-state index contributed by atoms with van der Waals surface area (Å²) in [6.07, 6.45) is 0.874. The molecule has 1 aromatic heterocycles. The number of amides is 1. The number of fused-ring (bicyclic) bond motifs is 1. The molecule has 0 bridgehead atoms. The molecule has 0 radical (unpaired) electrons. The molecule has 0 spiro atoms. The highest BCUT2D eigenvalue weighted by molar-refractivity contribution is 5.82. The molecular formula is C11H14N4O. The highest BCUT2D eigenvalue weighted by Crippen LogP contribution is 2.17. The summed E-state index contributed by atoms with van der Waals surface area (Å²) in [5, 5.41) is 2.94. The molecule has 1 heterocycles. The second-order valence-electron chi connectivity index (χ2n) is 3.59. The number of aromatic nitrogens is 2. The minimum absolute atomic E-state index is 0.139. The Kier molecular flexibility index (Phi) is 2.76. The van der Waals surface area contributed by atoms with E-state index in [2.05, 4.69) is 15.3 Å². The number of carbonyl (C=O) groups excluding carboxylic acids is 1. The van der Waals surface area contributed by atoms with Gasteiger partial charge >= 0.3 is 0 Å². The smallest absolute Gasteiger partial charge is 0.236 e. The maximum atomic E-state index is 10.6. The third-order valence-corrected chi connectivity index (χ3v) is 2.33. The van der Waals surface area contributed by atoms with Crippen molar-refractivity contribution in [1.29, 1.82) is 0 Å². The van der Waals surface area contributed by atoms with Crippen LogP contribution in [0.2, 0.25) is 0 Å². The second-order valence-corrected chi connectivity index (χ2v) is 3.59. The molecule has 0 aliphatic carbocycles. The fourth-order valence-electron chi connectivity index (χ4n) is 1.53. The molecule has 4 N–H and O–H groups in total. The number of nitrogens with zero attached hydrogens (tertiary/aromatic N) is 1. The summed E-state index contributed by atoms with van der Waals surface area (Å²) in [4.78, 5) is 18.2. The molecule has 0 aliphatic rings. The molecule has 1 aromatic carbocycles. The molecule has 84 valence electrons. The Morgan fingerprint density at radius 3 is 3.06 bits per heavy atom. The van der Waals surface area contributed by atoms with Gasteiger partial charge in [0, 0.05) is 12.1 Å². The van der Waals surface area contributed by atoms with Crippen LogP contribution < -0.4 is 11.1 Å². The Balaban J connectivity index is 2.25. The first-order valence-electron chi connectivity index (χ1n) is 5.20.